The molecule has 1 aliphatic heterocycles. The van der Waals surface area contributed by atoms with Crippen LogP contribution in [0.5, 0.6) is 5.75 Å². The van der Waals surface area contributed by atoms with Gasteiger partial charge in [-0.25, -0.2) is 8.42 Å². The number of benzene rings is 3. The van der Waals surface area contributed by atoms with E-state index in [0.29, 0.717) is 17.9 Å². The van der Waals surface area contributed by atoms with Crippen LogP contribution in [-0.4, -0.2) is 28.0 Å². The molecule has 4 rings (SSSR count). The Labute approximate surface area is 180 Å². The summed E-state index contributed by atoms with van der Waals surface area (Å²) in [4.78, 5) is 14.8. The van der Waals surface area contributed by atoms with Crippen LogP contribution in [0.3, 0.4) is 0 Å². The molecule has 0 aliphatic carbocycles. The number of hydrogen-bond acceptors (Lipinski definition) is 4. The minimum absolute atomic E-state index is 0.0910. The van der Waals surface area contributed by atoms with Crippen molar-refractivity contribution in [1.29, 1.82) is 0 Å². The van der Waals surface area contributed by atoms with E-state index in [2.05, 4.69) is 4.72 Å². The number of halogens is 1. The molecule has 0 radical (unpaired) electrons. The molecule has 1 amide bonds. The molecule has 0 bridgehead atoms. The molecule has 3 aromatic carbocycles. The fourth-order valence-electron chi connectivity index (χ4n) is 3.42. The summed E-state index contributed by atoms with van der Waals surface area (Å²) in [6.07, 6.45) is 0.791. The Morgan fingerprint density at radius 1 is 1.07 bits per heavy atom. The summed E-state index contributed by atoms with van der Waals surface area (Å²) in [7, 11) is -2.30. The van der Waals surface area contributed by atoms with Crippen LogP contribution in [0.1, 0.15) is 15.9 Å². The van der Waals surface area contributed by atoms with Crippen LogP contribution in [0.4, 0.5) is 11.4 Å². The van der Waals surface area contributed by atoms with Crippen LogP contribution in [0.25, 0.3) is 0 Å². The summed E-state index contributed by atoms with van der Waals surface area (Å²) in [6.45, 7) is 0.584. The van der Waals surface area contributed by atoms with Gasteiger partial charge >= 0.3 is 0 Å². The van der Waals surface area contributed by atoms with E-state index in [1.807, 2.05) is 24.3 Å². The molecule has 154 valence electrons. The SMILES string of the molecule is COc1ccc(S(=O)(=O)Nc2ccc(C(=O)N3CCc4ccccc43)c(Cl)c2)cc1. The summed E-state index contributed by atoms with van der Waals surface area (Å²) < 4.78 is 32.7. The first-order valence-corrected chi connectivity index (χ1v) is 11.1. The molecule has 0 unspecified atom stereocenters. The standard InChI is InChI=1S/C22H19ClN2O4S/c1-29-17-7-9-18(10-8-17)30(27,28)24-16-6-11-19(20(23)14-16)22(26)25-13-12-15-4-2-3-5-21(15)25/h2-11,14,24H,12-13H2,1H3. The summed E-state index contributed by atoms with van der Waals surface area (Å²) in [5.74, 6) is 0.345. The highest BCUT2D eigenvalue weighted by Crippen LogP contribution is 2.31. The van der Waals surface area contributed by atoms with Gasteiger partial charge in [-0.15, -0.1) is 0 Å². The van der Waals surface area contributed by atoms with Gasteiger partial charge in [0.1, 0.15) is 5.75 Å². The van der Waals surface area contributed by atoms with E-state index in [1.165, 1.54) is 37.4 Å². The number of anilines is 2. The van der Waals surface area contributed by atoms with Gasteiger partial charge in [0, 0.05) is 12.2 Å². The van der Waals surface area contributed by atoms with Gasteiger partial charge in [0.05, 0.1) is 28.3 Å². The van der Waals surface area contributed by atoms with Gasteiger partial charge in [-0.05, 0) is 60.5 Å². The van der Waals surface area contributed by atoms with Crippen molar-refractivity contribution in [2.75, 3.05) is 23.3 Å². The van der Waals surface area contributed by atoms with Crippen LogP contribution in [0, 0.1) is 0 Å². The first kappa shape index (κ1) is 20.3. The zero-order chi connectivity index (χ0) is 21.3. The molecular weight excluding hydrogens is 424 g/mol. The summed E-state index contributed by atoms with van der Waals surface area (Å²) in [6, 6.07) is 18.3. The molecule has 1 aliphatic rings. The molecule has 1 N–H and O–H groups in total. The molecule has 8 heteroatoms. The maximum Gasteiger partial charge on any atom is 0.261 e. The number of carbonyl (C=O) groups is 1. The fraction of sp³-hybridized carbons (Fsp3) is 0.136. The Hall–Kier alpha value is -3.03. The highest BCUT2D eigenvalue weighted by atomic mass is 35.5. The second-order valence-electron chi connectivity index (χ2n) is 6.81. The Morgan fingerprint density at radius 3 is 2.50 bits per heavy atom. The highest BCUT2D eigenvalue weighted by molar-refractivity contribution is 7.92. The van der Waals surface area contributed by atoms with Crippen molar-refractivity contribution in [1.82, 2.24) is 0 Å². The van der Waals surface area contributed by atoms with Gasteiger partial charge in [0.15, 0.2) is 0 Å². The van der Waals surface area contributed by atoms with Crippen molar-refractivity contribution < 1.29 is 17.9 Å². The van der Waals surface area contributed by atoms with E-state index in [1.54, 1.807) is 17.0 Å². The van der Waals surface area contributed by atoms with Crippen LogP contribution >= 0.6 is 11.6 Å². The van der Waals surface area contributed by atoms with Crippen molar-refractivity contribution in [3.63, 3.8) is 0 Å². The zero-order valence-corrected chi connectivity index (χ0v) is 17.7. The molecular formula is C22H19ClN2O4S. The number of carbonyl (C=O) groups excluding carboxylic acids is 1. The normalized spacial score (nSPS) is 13.1. The Morgan fingerprint density at radius 2 is 1.80 bits per heavy atom. The number of fused-ring (bicyclic) bond motifs is 1. The lowest BCUT2D eigenvalue weighted by Gasteiger charge is -2.18. The number of amides is 1. The minimum atomic E-state index is -3.80. The number of para-hydroxylation sites is 1. The van der Waals surface area contributed by atoms with E-state index in [9.17, 15) is 13.2 Å². The van der Waals surface area contributed by atoms with Crippen LogP contribution < -0.4 is 14.4 Å². The number of nitrogens with zero attached hydrogens (tertiary/aromatic N) is 1. The van der Waals surface area contributed by atoms with Crippen LogP contribution in [0.15, 0.2) is 71.6 Å². The largest absolute Gasteiger partial charge is 0.497 e. The molecule has 0 atom stereocenters. The third-order valence-electron chi connectivity index (χ3n) is 4.95. The Bertz CT molecular complexity index is 1210. The molecule has 0 saturated heterocycles. The summed E-state index contributed by atoms with van der Waals surface area (Å²) in [5, 5.41) is 0.180. The summed E-state index contributed by atoms with van der Waals surface area (Å²) >= 11 is 6.35. The molecule has 30 heavy (non-hydrogen) atoms. The van der Waals surface area contributed by atoms with Crippen LogP contribution in [-0.2, 0) is 16.4 Å². The molecule has 0 saturated carbocycles. The fourth-order valence-corrected chi connectivity index (χ4v) is 4.73. The van der Waals surface area contributed by atoms with Gasteiger partial charge in [0.2, 0.25) is 0 Å². The van der Waals surface area contributed by atoms with Gasteiger partial charge in [-0.2, -0.15) is 0 Å². The monoisotopic (exact) mass is 442 g/mol. The highest BCUT2D eigenvalue weighted by Gasteiger charge is 2.26. The van der Waals surface area contributed by atoms with Crippen molar-refractivity contribution in [3.8, 4) is 5.75 Å². The maximum atomic E-state index is 13.0. The molecule has 1 heterocycles. The minimum Gasteiger partial charge on any atom is -0.497 e. The van der Waals surface area contributed by atoms with Gasteiger partial charge < -0.3 is 9.64 Å². The van der Waals surface area contributed by atoms with E-state index in [0.717, 1.165) is 17.7 Å². The number of methoxy groups -OCH3 is 1. The Kier molecular flexibility index (Phi) is 5.40. The quantitative estimate of drug-likeness (QED) is 0.637. The lowest BCUT2D eigenvalue weighted by molar-refractivity contribution is 0.0989. The number of ether oxygens (including phenoxy) is 1. The molecule has 0 aromatic heterocycles. The maximum absolute atomic E-state index is 13.0. The first-order valence-electron chi connectivity index (χ1n) is 9.25. The zero-order valence-electron chi connectivity index (χ0n) is 16.1. The third-order valence-corrected chi connectivity index (χ3v) is 6.66. The predicted octanol–water partition coefficient (Wildman–Crippen LogP) is 4.35. The van der Waals surface area contributed by atoms with Gasteiger partial charge in [0.25, 0.3) is 15.9 Å². The molecule has 0 spiro atoms. The second kappa shape index (κ2) is 8.01. The third kappa shape index (κ3) is 3.86. The van der Waals surface area contributed by atoms with Crippen molar-refractivity contribution in [2.45, 2.75) is 11.3 Å². The van der Waals surface area contributed by atoms with E-state index in [-0.39, 0.29) is 21.5 Å². The number of rotatable bonds is 5. The second-order valence-corrected chi connectivity index (χ2v) is 8.90. The topological polar surface area (TPSA) is 75.7 Å². The van der Waals surface area contributed by atoms with Crippen molar-refractivity contribution in [3.05, 3.63) is 82.9 Å². The van der Waals surface area contributed by atoms with Gasteiger partial charge in [-0.3, -0.25) is 9.52 Å². The molecule has 6 nitrogen and oxygen atoms in total. The van der Waals surface area contributed by atoms with E-state index in [4.69, 9.17) is 16.3 Å². The van der Waals surface area contributed by atoms with Gasteiger partial charge in [-0.1, -0.05) is 29.8 Å². The van der Waals surface area contributed by atoms with E-state index >= 15 is 0 Å². The van der Waals surface area contributed by atoms with Crippen molar-refractivity contribution in [2.24, 2.45) is 0 Å². The smallest absolute Gasteiger partial charge is 0.261 e. The van der Waals surface area contributed by atoms with Crippen LogP contribution in [0.2, 0.25) is 5.02 Å². The number of hydrogen-bond donors (Lipinski definition) is 1. The number of nitrogens with one attached hydrogen (secondary N) is 1. The lowest BCUT2D eigenvalue weighted by atomic mass is 10.1. The number of sulfonamides is 1. The molecule has 0 fully saturated rings. The predicted molar refractivity (Wildman–Crippen MR) is 117 cm³/mol. The average molecular weight is 443 g/mol. The lowest BCUT2D eigenvalue weighted by Crippen LogP contribution is -2.29. The Balaban J connectivity index is 1.55. The summed E-state index contributed by atoms with van der Waals surface area (Å²) in [5.41, 5.74) is 2.59. The average Bonchev–Trinajstić information content (AvgIpc) is 3.17. The first-order chi connectivity index (χ1) is 14.4. The van der Waals surface area contributed by atoms with E-state index < -0.39 is 10.0 Å². The van der Waals surface area contributed by atoms with Crippen molar-refractivity contribution >= 4 is 38.9 Å². The molecule has 3 aromatic rings.